The van der Waals surface area contributed by atoms with E-state index >= 15 is 0 Å². The van der Waals surface area contributed by atoms with Gasteiger partial charge in [-0.15, -0.1) is 0 Å². The van der Waals surface area contributed by atoms with Crippen LogP contribution in [0.15, 0.2) is 48.6 Å². The van der Waals surface area contributed by atoms with Gasteiger partial charge in [-0.3, -0.25) is 4.79 Å². The maximum absolute atomic E-state index is 10.3. The molecule has 6 heteroatoms. The van der Waals surface area contributed by atoms with Crippen LogP contribution in [0.5, 0.6) is 0 Å². The number of hydrogen-bond acceptors (Lipinski definition) is 5. The molecule has 0 unspecified atom stereocenters. The normalized spacial score (nSPS) is 25.5. The molecule has 1 heterocycles. The summed E-state index contributed by atoms with van der Waals surface area (Å²) in [6.07, 6.45) is 15.9. The van der Waals surface area contributed by atoms with Crippen molar-refractivity contribution < 1.29 is 30.0 Å². The molecule has 158 valence electrons. The number of carboxylic acids is 1. The lowest BCUT2D eigenvalue weighted by Gasteiger charge is -2.16. The van der Waals surface area contributed by atoms with Crippen molar-refractivity contribution >= 4 is 5.97 Å². The fraction of sp³-hybridized carbons (Fsp3) is 0.591. The zero-order chi connectivity index (χ0) is 20.8. The largest absolute Gasteiger partial charge is 0.481 e. The van der Waals surface area contributed by atoms with Crippen molar-refractivity contribution in [2.45, 2.75) is 82.4 Å². The highest BCUT2D eigenvalue weighted by molar-refractivity contribution is 5.66. The highest BCUT2D eigenvalue weighted by Gasteiger charge is 2.35. The predicted octanol–water partition coefficient (Wildman–Crippen LogP) is 2.90. The van der Waals surface area contributed by atoms with Gasteiger partial charge in [0.25, 0.3) is 0 Å². The molecule has 1 fully saturated rings. The van der Waals surface area contributed by atoms with Gasteiger partial charge < -0.3 is 25.2 Å². The first kappa shape index (κ1) is 24.3. The second kappa shape index (κ2) is 14.3. The van der Waals surface area contributed by atoms with Gasteiger partial charge in [-0.2, -0.15) is 0 Å². The molecule has 6 nitrogen and oxygen atoms in total. The van der Waals surface area contributed by atoms with Gasteiger partial charge in [0, 0.05) is 12.8 Å². The summed E-state index contributed by atoms with van der Waals surface area (Å²) in [6.45, 7) is 1.93. The van der Waals surface area contributed by atoms with Crippen molar-refractivity contribution in [2.24, 2.45) is 0 Å². The maximum Gasteiger partial charge on any atom is 0.303 e. The molecule has 0 saturated carbocycles. The minimum atomic E-state index is -0.837. The molecule has 0 amide bonds. The Bertz CT molecular complexity index is 551. The quantitative estimate of drug-likeness (QED) is 0.358. The highest BCUT2D eigenvalue weighted by Crippen LogP contribution is 2.25. The maximum atomic E-state index is 10.3. The fourth-order valence-corrected chi connectivity index (χ4v) is 2.90. The van der Waals surface area contributed by atoms with Gasteiger partial charge in [0.1, 0.15) is 0 Å². The number of rotatable bonds is 13. The van der Waals surface area contributed by atoms with Gasteiger partial charge in [0.2, 0.25) is 0 Å². The molecule has 1 aliphatic rings. The zero-order valence-electron chi connectivity index (χ0n) is 16.6. The van der Waals surface area contributed by atoms with Crippen LogP contribution in [0.3, 0.4) is 0 Å². The zero-order valence-corrected chi connectivity index (χ0v) is 16.6. The molecule has 1 saturated heterocycles. The predicted molar refractivity (Wildman–Crippen MR) is 109 cm³/mol. The Morgan fingerprint density at radius 3 is 2.32 bits per heavy atom. The minimum absolute atomic E-state index is 0.158. The van der Waals surface area contributed by atoms with Crippen molar-refractivity contribution in [3.63, 3.8) is 0 Å². The average molecular weight is 395 g/mol. The van der Waals surface area contributed by atoms with Crippen LogP contribution >= 0.6 is 0 Å². The van der Waals surface area contributed by atoms with Crippen molar-refractivity contribution in [2.75, 3.05) is 0 Å². The van der Waals surface area contributed by atoms with E-state index in [1.54, 1.807) is 6.08 Å². The Kier molecular flexibility index (Phi) is 12.4. The van der Waals surface area contributed by atoms with Crippen LogP contribution in [-0.2, 0) is 9.53 Å². The molecule has 0 aromatic carbocycles. The topological polar surface area (TPSA) is 107 Å². The van der Waals surface area contributed by atoms with E-state index in [4.69, 9.17) is 9.84 Å². The van der Waals surface area contributed by atoms with Gasteiger partial charge in [0.05, 0.1) is 30.5 Å². The van der Waals surface area contributed by atoms with E-state index in [0.717, 1.165) is 12.8 Å². The standard InChI is InChI=1S/C22H34O6/c1-2-20-19(25)16-21(28-20)18(24)15-14-17(23)12-10-8-6-4-3-5-7-9-11-13-22(26)27/h3-4,7-10,14-15,17-21,23-25H,2,5-6,11-13,16H2,1H3,(H,26,27)/b4-3-,9-7-,10-8-,15-14+/t17-,18+,19+,20-,21-/m0/s1. The molecule has 28 heavy (non-hydrogen) atoms. The van der Waals surface area contributed by atoms with Gasteiger partial charge in [0.15, 0.2) is 0 Å². The van der Waals surface area contributed by atoms with Crippen LogP contribution < -0.4 is 0 Å². The lowest BCUT2D eigenvalue weighted by Crippen LogP contribution is -2.24. The molecule has 0 radical (unpaired) electrons. The third kappa shape index (κ3) is 10.6. The van der Waals surface area contributed by atoms with E-state index in [2.05, 4.69) is 0 Å². The summed E-state index contributed by atoms with van der Waals surface area (Å²) in [5.41, 5.74) is 0. The van der Waals surface area contributed by atoms with Crippen LogP contribution in [0.2, 0.25) is 0 Å². The number of aliphatic hydroxyl groups is 3. The van der Waals surface area contributed by atoms with Gasteiger partial charge >= 0.3 is 5.97 Å². The van der Waals surface area contributed by atoms with E-state index in [1.807, 2.05) is 43.4 Å². The van der Waals surface area contributed by atoms with E-state index in [9.17, 15) is 20.1 Å². The molecule has 0 aromatic heterocycles. The first-order valence-corrected chi connectivity index (χ1v) is 9.98. The van der Waals surface area contributed by atoms with Crippen LogP contribution in [0.25, 0.3) is 0 Å². The van der Waals surface area contributed by atoms with Crippen LogP contribution in [-0.4, -0.2) is 56.9 Å². The number of aliphatic hydroxyl groups excluding tert-OH is 3. The molecule has 0 spiro atoms. The number of carbonyl (C=O) groups is 1. The summed E-state index contributed by atoms with van der Waals surface area (Å²) >= 11 is 0. The first-order valence-electron chi connectivity index (χ1n) is 9.98. The fourth-order valence-electron chi connectivity index (χ4n) is 2.90. The molecular formula is C22H34O6. The summed E-state index contributed by atoms with van der Waals surface area (Å²) in [5, 5.41) is 38.4. The van der Waals surface area contributed by atoms with Gasteiger partial charge in [-0.1, -0.05) is 55.5 Å². The molecular weight excluding hydrogens is 360 g/mol. The van der Waals surface area contributed by atoms with Crippen LogP contribution in [0.4, 0.5) is 0 Å². The molecule has 0 bridgehead atoms. The van der Waals surface area contributed by atoms with Crippen molar-refractivity contribution in [1.29, 1.82) is 0 Å². The average Bonchev–Trinajstić information content (AvgIpc) is 3.04. The molecule has 1 rings (SSSR count). The van der Waals surface area contributed by atoms with E-state index in [0.29, 0.717) is 25.7 Å². The van der Waals surface area contributed by atoms with Crippen LogP contribution in [0.1, 0.15) is 51.9 Å². The Balaban J connectivity index is 2.16. The Labute approximate surface area is 167 Å². The molecule has 1 aliphatic heterocycles. The lowest BCUT2D eigenvalue weighted by molar-refractivity contribution is -0.136. The first-order chi connectivity index (χ1) is 13.4. The Hall–Kier alpha value is -1.73. The highest BCUT2D eigenvalue weighted by atomic mass is 16.5. The van der Waals surface area contributed by atoms with E-state index in [1.165, 1.54) is 6.08 Å². The third-order valence-corrected chi connectivity index (χ3v) is 4.51. The van der Waals surface area contributed by atoms with E-state index in [-0.39, 0.29) is 12.5 Å². The van der Waals surface area contributed by atoms with Gasteiger partial charge in [-0.05, 0) is 32.1 Å². The molecule has 0 aliphatic carbocycles. The number of carboxylic acid groups (broad SMARTS) is 1. The molecule has 5 atom stereocenters. The lowest BCUT2D eigenvalue weighted by atomic mass is 10.1. The van der Waals surface area contributed by atoms with Gasteiger partial charge in [-0.25, -0.2) is 0 Å². The monoisotopic (exact) mass is 394 g/mol. The number of allylic oxidation sites excluding steroid dienone is 5. The summed E-state index contributed by atoms with van der Waals surface area (Å²) in [4.78, 5) is 10.3. The second-order valence-electron chi connectivity index (χ2n) is 6.92. The number of hydrogen-bond donors (Lipinski definition) is 4. The molecule has 0 aromatic rings. The molecule has 4 N–H and O–H groups in total. The van der Waals surface area contributed by atoms with Crippen molar-refractivity contribution in [3.8, 4) is 0 Å². The third-order valence-electron chi connectivity index (χ3n) is 4.51. The summed E-state index contributed by atoms with van der Waals surface area (Å²) < 4.78 is 5.61. The Morgan fingerprint density at radius 1 is 1.07 bits per heavy atom. The number of ether oxygens (including phenoxy) is 1. The summed E-state index contributed by atoms with van der Waals surface area (Å²) in [7, 11) is 0. The smallest absolute Gasteiger partial charge is 0.303 e. The van der Waals surface area contributed by atoms with Crippen molar-refractivity contribution in [1.82, 2.24) is 0 Å². The van der Waals surface area contributed by atoms with Crippen molar-refractivity contribution in [3.05, 3.63) is 48.6 Å². The van der Waals surface area contributed by atoms with E-state index < -0.39 is 30.4 Å². The summed E-state index contributed by atoms with van der Waals surface area (Å²) in [5.74, 6) is -0.785. The Morgan fingerprint density at radius 2 is 1.71 bits per heavy atom. The number of aliphatic carboxylic acids is 1. The minimum Gasteiger partial charge on any atom is -0.481 e. The van der Waals surface area contributed by atoms with Crippen LogP contribution in [0, 0.1) is 0 Å². The summed E-state index contributed by atoms with van der Waals surface area (Å²) in [6, 6.07) is 0. The SMILES string of the molecule is CC[C@@H]1O[C@H]([C@H](O)/C=C/[C@@H](O)C/C=C\C/C=C\C/C=C\CCC(=O)O)C[C@H]1O. The second-order valence-corrected chi connectivity index (χ2v) is 6.92.